The largest absolute Gasteiger partial charge is 0.103 e. The Labute approximate surface area is 74.9 Å². The van der Waals surface area contributed by atoms with E-state index in [4.69, 9.17) is 0 Å². The zero-order valence-corrected chi connectivity index (χ0v) is 9.70. The smallest absolute Gasteiger partial charge is 0 e. The van der Waals surface area contributed by atoms with Gasteiger partial charge in [0.1, 0.15) is 0 Å². The van der Waals surface area contributed by atoms with Crippen LogP contribution in [0.15, 0.2) is 12.7 Å². The van der Waals surface area contributed by atoms with Crippen LogP contribution in [-0.4, -0.2) is 25.8 Å². The van der Waals surface area contributed by atoms with Gasteiger partial charge in [-0.25, -0.2) is 0 Å². The van der Waals surface area contributed by atoms with E-state index in [-0.39, 0.29) is 42.8 Å². The molecule has 0 atom stereocenters. The summed E-state index contributed by atoms with van der Waals surface area (Å²) < 4.78 is 0. The first-order valence-corrected chi connectivity index (χ1v) is 1.90. The van der Waals surface area contributed by atoms with Crippen LogP contribution in [0.25, 0.3) is 0 Å². The van der Waals surface area contributed by atoms with Crippen LogP contribution in [0.4, 0.5) is 0 Å². The summed E-state index contributed by atoms with van der Waals surface area (Å²) in [6.07, 6.45) is 1.92. The minimum absolute atomic E-state index is 0. The van der Waals surface area contributed by atoms with Gasteiger partial charge < -0.3 is 0 Å². The molecule has 0 saturated carbocycles. The van der Waals surface area contributed by atoms with E-state index in [2.05, 4.69) is 20.4 Å². The molecule has 0 heterocycles. The van der Waals surface area contributed by atoms with Crippen molar-refractivity contribution in [2.24, 2.45) is 5.92 Å². The second kappa shape index (κ2) is 10.1. The molecule has 0 bridgehead atoms. The summed E-state index contributed by atoms with van der Waals surface area (Å²) in [5.41, 5.74) is 0. The Morgan fingerprint density at radius 1 is 1.43 bits per heavy atom. The van der Waals surface area contributed by atoms with E-state index in [1.54, 1.807) is 0 Å². The first-order valence-electron chi connectivity index (χ1n) is 1.90. The maximum atomic E-state index is 3.56. The van der Waals surface area contributed by atoms with Gasteiger partial charge in [0.15, 0.2) is 0 Å². The maximum Gasteiger partial charge on any atom is 0 e. The molecule has 0 aromatic carbocycles. The van der Waals surface area contributed by atoms with Crippen molar-refractivity contribution in [3.63, 3.8) is 0 Å². The molecule has 0 fully saturated rings. The maximum absolute atomic E-state index is 3.56. The first kappa shape index (κ1) is 15.7. The van der Waals surface area contributed by atoms with E-state index in [1.807, 2.05) is 6.08 Å². The molecule has 4 radical (unpaired) electrons. The van der Waals surface area contributed by atoms with E-state index in [1.165, 1.54) is 0 Å². The Morgan fingerprint density at radius 2 is 1.57 bits per heavy atom. The van der Waals surface area contributed by atoms with Crippen molar-refractivity contribution in [3.8, 4) is 0 Å². The van der Waals surface area contributed by atoms with Crippen molar-refractivity contribution in [3.05, 3.63) is 12.7 Å². The molecule has 40 valence electrons. The van der Waals surface area contributed by atoms with Gasteiger partial charge in [0.2, 0.25) is 0 Å². The van der Waals surface area contributed by atoms with Crippen LogP contribution in [0.3, 0.4) is 0 Å². The molecule has 2 heteroatoms. The Hall–Kier alpha value is 1.09. The Kier molecular flexibility index (Phi) is 22.8. The summed E-state index contributed by atoms with van der Waals surface area (Å²) in [4.78, 5) is 0. The van der Waals surface area contributed by atoms with Crippen LogP contribution in [0.5, 0.6) is 0 Å². The molecule has 0 nitrogen and oxygen atoms in total. The Morgan fingerprint density at radius 3 is 1.57 bits per heavy atom. The van der Waals surface area contributed by atoms with Crippen molar-refractivity contribution in [2.45, 2.75) is 13.8 Å². The summed E-state index contributed by atoms with van der Waals surface area (Å²) in [6.45, 7) is 7.77. The van der Waals surface area contributed by atoms with Gasteiger partial charge in [0.05, 0.1) is 0 Å². The normalized spacial score (nSPS) is 6.14. The van der Waals surface area contributed by atoms with E-state index in [9.17, 15) is 0 Å². The van der Waals surface area contributed by atoms with Gasteiger partial charge in [-0.15, -0.1) is 6.58 Å². The SMILES string of the molecule is C=CC(C)C.[Br].[In]. The number of hydrogen-bond donors (Lipinski definition) is 0. The number of allylic oxidation sites excluding steroid dienone is 1. The van der Waals surface area contributed by atoms with Crippen LogP contribution < -0.4 is 0 Å². The molecule has 7 heavy (non-hydrogen) atoms. The van der Waals surface area contributed by atoms with Gasteiger partial charge in [-0.1, -0.05) is 19.9 Å². The van der Waals surface area contributed by atoms with Crippen molar-refractivity contribution in [1.29, 1.82) is 0 Å². The molecule has 0 spiro atoms. The molecule has 0 rings (SSSR count). The van der Waals surface area contributed by atoms with E-state index in [0.29, 0.717) is 5.92 Å². The van der Waals surface area contributed by atoms with Crippen LogP contribution >= 0.6 is 17.0 Å². The van der Waals surface area contributed by atoms with Gasteiger partial charge in [0, 0.05) is 42.8 Å². The van der Waals surface area contributed by atoms with E-state index < -0.39 is 0 Å². The molecule has 0 saturated heterocycles. The number of rotatable bonds is 1. The minimum atomic E-state index is 0. The second-order valence-corrected chi connectivity index (χ2v) is 1.48. The van der Waals surface area contributed by atoms with Gasteiger partial charge >= 0.3 is 0 Å². The molecule has 0 aliphatic heterocycles. The van der Waals surface area contributed by atoms with Crippen LogP contribution in [0.1, 0.15) is 13.8 Å². The molecule has 0 aromatic rings. The summed E-state index contributed by atoms with van der Waals surface area (Å²) in [6, 6.07) is 0. The van der Waals surface area contributed by atoms with Crippen LogP contribution in [-0.2, 0) is 0 Å². The third kappa shape index (κ3) is 19.2. The zero-order chi connectivity index (χ0) is 4.28. The predicted molar refractivity (Wildman–Crippen MR) is 39.7 cm³/mol. The molecule has 0 aliphatic rings. The minimum Gasteiger partial charge on any atom is -0.103 e. The average Bonchev–Trinajstić information content (AvgIpc) is 1.38. The van der Waals surface area contributed by atoms with E-state index in [0.717, 1.165) is 0 Å². The van der Waals surface area contributed by atoms with Crippen LogP contribution in [0.2, 0.25) is 0 Å². The third-order valence-corrected chi connectivity index (χ3v) is 0.471. The van der Waals surface area contributed by atoms with Crippen molar-refractivity contribution < 1.29 is 0 Å². The van der Waals surface area contributed by atoms with Gasteiger partial charge in [0.25, 0.3) is 0 Å². The third-order valence-electron chi connectivity index (χ3n) is 0.471. The second-order valence-electron chi connectivity index (χ2n) is 1.48. The van der Waals surface area contributed by atoms with Crippen molar-refractivity contribution in [2.75, 3.05) is 0 Å². The fourth-order valence-corrected chi connectivity index (χ4v) is 0. The topological polar surface area (TPSA) is 0 Å². The van der Waals surface area contributed by atoms with Crippen molar-refractivity contribution in [1.82, 2.24) is 0 Å². The average molecular weight is 265 g/mol. The van der Waals surface area contributed by atoms with E-state index >= 15 is 0 Å². The Balaban J connectivity index is -0.0000000800. The quantitative estimate of drug-likeness (QED) is 0.638. The monoisotopic (exact) mass is 264 g/mol. The molecule has 0 unspecified atom stereocenters. The van der Waals surface area contributed by atoms with Gasteiger partial charge in [-0.3, -0.25) is 0 Å². The summed E-state index contributed by atoms with van der Waals surface area (Å²) in [7, 11) is 0. The first-order chi connectivity index (χ1) is 2.27. The molecule has 0 aromatic heterocycles. The molecular weight excluding hydrogens is 255 g/mol. The Bertz CT molecular complexity index is 35.1. The molecule has 0 aliphatic carbocycles. The van der Waals surface area contributed by atoms with Gasteiger partial charge in [-0.05, 0) is 5.92 Å². The molecular formula is C5H10BrIn. The van der Waals surface area contributed by atoms with Crippen LogP contribution in [0, 0.1) is 5.92 Å². The zero-order valence-electron chi connectivity index (χ0n) is 4.82. The van der Waals surface area contributed by atoms with Crippen molar-refractivity contribution >= 4 is 42.8 Å². The predicted octanol–water partition coefficient (Wildman–Crippen LogP) is 2.29. The molecule has 0 N–H and O–H groups in total. The number of halogens is 1. The fraction of sp³-hybridized carbons (Fsp3) is 0.600. The summed E-state index contributed by atoms with van der Waals surface area (Å²) >= 11 is 0. The summed E-state index contributed by atoms with van der Waals surface area (Å²) in [5.74, 6) is 0.648. The van der Waals surface area contributed by atoms with Gasteiger partial charge in [-0.2, -0.15) is 0 Å². The number of hydrogen-bond acceptors (Lipinski definition) is 0. The standard InChI is InChI=1S/C5H10.Br.In/c1-4-5(2)3;;/h4-5H,1H2,2-3H3;;. The summed E-state index contributed by atoms with van der Waals surface area (Å²) in [5, 5.41) is 0. The molecule has 0 amide bonds. The fourth-order valence-electron chi connectivity index (χ4n) is 0.